The van der Waals surface area contributed by atoms with Gasteiger partial charge in [0.25, 0.3) is 5.91 Å². The summed E-state index contributed by atoms with van der Waals surface area (Å²) in [7, 11) is 0. The molecule has 0 radical (unpaired) electrons. The SMILES string of the molecule is O=C1c2ccc(-c3ccco3)cc2NC2(CCN(Cc3ccc(F)c(F)c3)CC2)N1c1ccc(OC(F)(F)F)cc1. The molecular formula is C30H24F5N3O3. The van der Waals surface area contributed by atoms with Crippen LogP contribution in [0.15, 0.2) is 83.5 Å². The van der Waals surface area contributed by atoms with E-state index in [1.807, 2.05) is 12.1 Å². The lowest BCUT2D eigenvalue weighted by Gasteiger charge is -2.52. The van der Waals surface area contributed by atoms with Crippen LogP contribution in [0.1, 0.15) is 28.8 Å². The second-order valence-electron chi connectivity index (χ2n) is 10.1. The van der Waals surface area contributed by atoms with E-state index in [1.54, 1.807) is 29.4 Å². The lowest BCUT2D eigenvalue weighted by molar-refractivity contribution is -0.274. The van der Waals surface area contributed by atoms with E-state index in [0.29, 0.717) is 60.7 Å². The van der Waals surface area contributed by atoms with E-state index in [4.69, 9.17) is 4.42 Å². The third-order valence-electron chi connectivity index (χ3n) is 7.46. The number of nitrogens with zero attached hydrogens (tertiary/aromatic N) is 2. The van der Waals surface area contributed by atoms with Gasteiger partial charge in [0, 0.05) is 49.4 Å². The van der Waals surface area contributed by atoms with E-state index in [0.717, 1.165) is 11.6 Å². The van der Waals surface area contributed by atoms with Gasteiger partial charge in [-0.05, 0) is 66.2 Å². The number of benzene rings is 3. The van der Waals surface area contributed by atoms with Crippen LogP contribution in [-0.4, -0.2) is 35.9 Å². The maximum atomic E-state index is 14.0. The average Bonchev–Trinajstić information content (AvgIpc) is 3.47. The van der Waals surface area contributed by atoms with Crippen LogP contribution in [0.25, 0.3) is 11.3 Å². The number of carbonyl (C=O) groups is 1. The number of hydrogen-bond acceptors (Lipinski definition) is 5. The van der Waals surface area contributed by atoms with Crippen molar-refractivity contribution in [2.45, 2.75) is 31.4 Å². The van der Waals surface area contributed by atoms with Crippen LogP contribution in [0.4, 0.5) is 33.3 Å². The zero-order valence-electron chi connectivity index (χ0n) is 21.6. The zero-order chi connectivity index (χ0) is 28.8. The molecular weight excluding hydrogens is 545 g/mol. The van der Waals surface area contributed by atoms with Crippen LogP contribution >= 0.6 is 0 Å². The van der Waals surface area contributed by atoms with Crippen LogP contribution in [0.3, 0.4) is 0 Å². The number of carbonyl (C=O) groups excluding carboxylic acids is 1. The first kappa shape index (κ1) is 26.8. The molecule has 212 valence electrons. The smallest absolute Gasteiger partial charge is 0.464 e. The highest BCUT2D eigenvalue weighted by molar-refractivity contribution is 6.13. The molecule has 1 N–H and O–H groups in total. The average molecular weight is 570 g/mol. The van der Waals surface area contributed by atoms with Crippen LogP contribution in [0, 0.1) is 11.6 Å². The van der Waals surface area contributed by atoms with Crippen molar-refractivity contribution in [1.82, 2.24) is 4.90 Å². The van der Waals surface area contributed by atoms with Crippen molar-refractivity contribution in [3.8, 4) is 17.1 Å². The number of halogens is 5. The maximum absolute atomic E-state index is 14.0. The zero-order valence-corrected chi connectivity index (χ0v) is 21.6. The largest absolute Gasteiger partial charge is 0.573 e. The number of amides is 1. The van der Waals surface area contributed by atoms with E-state index in [-0.39, 0.29) is 5.91 Å². The standard InChI is InChI=1S/C30H24F5N3O3/c31-24-10-3-19(16-25(24)32)18-37-13-11-29(12-14-37)36-26-17-20(27-2-1-15-40-27)4-9-23(26)28(39)38(29)21-5-7-22(8-6-21)41-30(33,34)35/h1-10,15-17,36H,11-14,18H2. The van der Waals surface area contributed by atoms with Crippen molar-refractivity contribution in [3.05, 3.63) is 102 Å². The number of nitrogens with one attached hydrogen (secondary N) is 1. The molecule has 1 fully saturated rings. The molecule has 6 rings (SSSR count). The third kappa shape index (κ3) is 5.37. The number of ether oxygens (including phenoxy) is 1. The molecule has 1 spiro atoms. The lowest BCUT2D eigenvalue weighted by Crippen LogP contribution is -2.64. The number of furan rings is 1. The van der Waals surface area contributed by atoms with Crippen LogP contribution in [0.2, 0.25) is 0 Å². The molecule has 3 heterocycles. The molecule has 0 atom stereocenters. The Kier molecular flexibility index (Phi) is 6.69. The summed E-state index contributed by atoms with van der Waals surface area (Å²) in [5, 5.41) is 3.56. The van der Waals surface area contributed by atoms with Crippen molar-refractivity contribution >= 4 is 17.3 Å². The molecule has 6 nitrogen and oxygen atoms in total. The molecule has 4 aromatic rings. The predicted molar refractivity (Wildman–Crippen MR) is 141 cm³/mol. The first-order valence-electron chi connectivity index (χ1n) is 12.9. The van der Waals surface area contributed by atoms with Gasteiger partial charge in [0.1, 0.15) is 17.2 Å². The molecule has 2 aliphatic heterocycles. The minimum atomic E-state index is -4.84. The highest BCUT2D eigenvalue weighted by Crippen LogP contribution is 2.42. The Morgan fingerprint density at radius 2 is 1.68 bits per heavy atom. The minimum Gasteiger partial charge on any atom is -0.464 e. The highest BCUT2D eigenvalue weighted by atomic mass is 19.4. The number of rotatable bonds is 5. The Hall–Kier alpha value is -4.38. The van der Waals surface area contributed by atoms with Crippen molar-refractivity contribution in [3.63, 3.8) is 0 Å². The monoisotopic (exact) mass is 569 g/mol. The Labute approximate surface area is 231 Å². The Balaban J connectivity index is 1.32. The van der Waals surface area contributed by atoms with E-state index in [9.17, 15) is 26.7 Å². The quantitative estimate of drug-likeness (QED) is 0.258. The molecule has 1 aromatic heterocycles. The van der Waals surface area contributed by atoms with Gasteiger partial charge in [-0.25, -0.2) is 8.78 Å². The van der Waals surface area contributed by atoms with E-state index in [2.05, 4.69) is 15.0 Å². The van der Waals surface area contributed by atoms with Gasteiger partial charge in [-0.1, -0.05) is 12.1 Å². The Morgan fingerprint density at radius 3 is 2.34 bits per heavy atom. The summed E-state index contributed by atoms with van der Waals surface area (Å²) in [6, 6.07) is 17.9. The number of alkyl halides is 3. The molecule has 41 heavy (non-hydrogen) atoms. The van der Waals surface area contributed by atoms with Gasteiger partial charge >= 0.3 is 6.36 Å². The molecule has 1 amide bonds. The Morgan fingerprint density at radius 1 is 0.927 bits per heavy atom. The van der Waals surface area contributed by atoms with Gasteiger partial charge in [0.15, 0.2) is 11.6 Å². The number of fused-ring (bicyclic) bond motifs is 1. The van der Waals surface area contributed by atoms with Crippen LogP contribution < -0.4 is 15.0 Å². The third-order valence-corrected chi connectivity index (χ3v) is 7.46. The topological polar surface area (TPSA) is 58.0 Å². The van der Waals surface area contributed by atoms with Gasteiger partial charge in [-0.3, -0.25) is 14.6 Å². The van der Waals surface area contributed by atoms with Crippen LogP contribution in [-0.2, 0) is 6.54 Å². The summed E-state index contributed by atoms with van der Waals surface area (Å²) in [5.41, 5.74) is 1.94. The molecule has 11 heteroatoms. The fourth-order valence-corrected chi connectivity index (χ4v) is 5.54. The molecule has 0 aliphatic carbocycles. The van der Waals surface area contributed by atoms with Gasteiger partial charge in [0.05, 0.1) is 11.8 Å². The second kappa shape index (κ2) is 10.2. The number of hydrogen-bond donors (Lipinski definition) is 1. The first-order valence-corrected chi connectivity index (χ1v) is 12.9. The van der Waals surface area contributed by atoms with Crippen LogP contribution in [0.5, 0.6) is 5.75 Å². The van der Waals surface area contributed by atoms with Crippen molar-refractivity contribution < 1.29 is 35.9 Å². The molecule has 0 bridgehead atoms. The van der Waals surface area contributed by atoms with Crippen molar-refractivity contribution in [1.29, 1.82) is 0 Å². The molecule has 2 aliphatic rings. The number of likely N-dealkylation sites (tertiary alicyclic amines) is 1. The Bertz CT molecular complexity index is 1560. The first-order chi connectivity index (χ1) is 19.6. The van der Waals surface area contributed by atoms with E-state index in [1.165, 1.54) is 36.4 Å². The summed E-state index contributed by atoms with van der Waals surface area (Å²) in [6.07, 6.45) is -2.37. The van der Waals surface area contributed by atoms with Gasteiger partial charge in [0.2, 0.25) is 0 Å². The number of anilines is 2. The summed E-state index contributed by atoms with van der Waals surface area (Å²) in [5.74, 6) is -1.88. The fraction of sp³-hybridized carbons (Fsp3) is 0.233. The van der Waals surface area contributed by atoms with E-state index >= 15 is 0 Å². The lowest BCUT2D eigenvalue weighted by atomic mass is 9.88. The highest BCUT2D eigenvalue weighted by Gasteiger charge is 2.47. The fourth-order valence-electron chi connectivity index (χ4n) is 5.54. The van der Waals surface area contributed by atoms with Crippen molar-refractivity contribution in [2.24, 2.45) is 0 Å². The van der Waals surface area contributed by atoms with Crippen molar-refractivity contribution in [2.75, 3.05) is 23.3 Å². The van der Waals surface area contributed by atoms with Gasteiger partial charge < -0.3 is 14.5 Å². The minimum absolute atomic E-state index is 0.303. The van der Waals surface area contributed by atoms with Gasteiger partial charge in [-0.15, -0.1) is 13.2 Å². The molecule has 0 unspecified atom stereocenters. The van der Waals surface area contributed by atoms with Gasteiger partial charge in [-0.2, -0.15) is 0 Å². The number of piperidine rings is 1. The predicted octanol–water partition coefficient (Wildman–Crippen LogP) is 7.19. The normalized spacial score (nSPS) is 16.9. The molecule has 0 saturated carbocycles. The maximum Gasteiger partial charge on any atom is 0.573 e. The summed E-state index contributed by atoms with van der Waals surface area (Å²) in [6.45, 7) is 1.42. The van der Waals surface area contributed by atoms with E-state index < -0.39 is 29.4 Å². The summed E-state index contributed by atoms with van der Waals surface area (Å²) >= 11 is 0. The summed E-state index contributed by atoms with van der Waals surface area (Å²) in [4.78, 5) is 17.7. The molecule has 3 aromatic carbocycles. The summed E-state index contributed by atoms with van der Waals surface area (Å²) < 4.78 is 74.9. The molecule has 1 saturated heterocycles. The second-order valence-corrected chi connectivity index (χ2v) is 10.1.